The van der Waals surface area contributed by atoms with Gasteiger partial charge in [-0.1, -0.05) is 32.1 Å². The van der Waals surface area contributed by atoms with Crippen LogP contribution in [0.3, 0.4) is 0 Å². The number of phenols is 1. The second kappa shape index (κ2) is 13.0. The van der Waals surface area contributed by atoms with Gasteiger partial charge in [-0.15, -0.1) is 0 Å². The van der Waals surface area contributed by atoms with Crippen LogP contribution in [-0.4, -0.2) is 42.6 Å². The molecule has 2 aliphatic rings. The van der Waals surface area contributed by atoms with E-state index in [1.165, 1.54) is 0 Å². The van der Waals surface area contributed by atoms with Crippen LogP contribution in [0.15, 0.2) is 30.3 Å². The number of ether oxygens (including phenoxy) is 4. The first-order valence-electron chi connectivity index (χ1n) is 14.0. The van der Waals surface area contributed by atoms with Gasteiger partial charge in [0.1, 0.15) is 22.8 Å². The molecule has 2 heterocycles. The molecule has 2 aromatic rings. The third-order valence-corrected chi connectivity index (χ3v) is 7.14. The number of ketones is 1. The van der Waals surface area contributed by atoms with Crippen molar-refractivity contribution >= 4 is 23.8 Å². The Hall–Kier alpha value is -3.81. The molecule has 0 saturated carbocycles. The zero-order chi connectivity index (χ0) is 28.8. The molecule has 2 aromatic carbocycles. The summed E-state index contributed by atoms with van der Waals surface area (Å²) in [5.41, 5.74) is 1.48. The number of hydrogen-bond donors (Lipinski definition) is 1. The summed E-state index contributed by atoms with van der Waals surface area (Å²) in [5, 5.41) is 11.6. The van der Waals surface area contributed by atoms with E-state index >= 15 is 0 Å². The monoisotopic (exact) mass is 550 g/mol. The summed E-state index contributed by atoms with van der Waals surface area (Å²) < 4.78 is 22.7. The number of hydrogen-bond acceptors (Lipinski definition) is 8. The highest BCUT2D eigenvalue weighted by Gasteiger charge is 2.36. The van der Waals surface area contributed by atoms with Crippen molar-refractivity contribution in [3.8, 4) is 23.0 Å². The Morgan fingerprint density at radius 3 is 2.60 bits per heavy atom. The van der Waals surface area contributed by atoms with Gasteiger partial charge < -0.3 is 24.1 Å². The fourth-order valence-electron chi connectivity index (χ4n) is 5.08. The van der Waals surface area contributed by atoms with Crippen molar-refractivity contribution in [2.24, 2.45) is 5.92 Å². The van der Waals surface area contributed by atoms with E-state index in [0.29, 0.717) is 79.2 Å². The number of carbonyl (C=O) groups excluding carboxylic acids is 3. The first-order valence-corrected chi connectivity index (χ1v) is 14.0. The molecule has 0 bridgehead atoms. The highest BCUT2D eigenvalue weighted by Crippen LogP contribution is 2.48. The van der Waals surface area contributed by atoms with Gasteiger partial charge in [0.2, 0.25) is 0 Å². The first-order chi connectivity index (χ1) is 19.2. The van der Waals surface area contributed by atoms with E-state index in [1.54, 1.807) is 38.3 Å². The Morgan fingerprint density at radius 2 is 1.85 bits per heavy atom. The molecule has 0 amide bonds. The van der Waals surface area contributed by atoms with Gasteiger partial charge in [0.25, 0.3) is 0 Å². The Labute approximate surface area is 235 Å². The van der Waals surface area contributed by atoms with Crippen LogP contribution in [0, 0.1) is 5.92 Å². The SMILES string of the molecule is COc1cc(C2CC(=O)Oc3cc4c(c(O)c32)C(=O)OC(C)CCCC(=O)CCCC=C4)ccc1OCC(C)C. The second-order valence-electron chi connectivity index (χ2n) is 10.9. The van der Waals surface area contributed by atoms with E-state index in [4.69, 9.17) is 18.9 Å². The van der Waals surface area contributed by atoms with Gasteiger partial charge in [-0.05, 0) is 67.9 Å². The minimum absolute atomic E-state index is 0.0238. The zero-order valence-corrected chi connectivity index (χ0v) is 23.7. The maximum Gasteiger partial charge on any atom is 0.342 e. The van der Waals surface area contributed by atoms with Gasteiger partial charge in [0.05, 0.1) is 26.2 Å². The van der Waals surface area contributed by atoms with Gasteiger partial charge in [-0.2, -0.15) is 0 Å². The average molecular weight is 551 g/mol. The van der Waals surface area contributed by atoms with Crippen molar-refractivity contribution in [1.29, 1.82) is 0 Å². The van der Waals surface area contributed by atoms with E-state index < -0.39 is 24.0 Å². The standard InChI is InChI=1S/C32H38O8/c1-19(2)18-38-25-14-13-21(15-26(25)37-4)24-17-28(34)40-27-16-22-10-6-5-7-11-23(33)12-8-9-20(3)39-32(36)29(22)31(35)30(24)27/h6,10,13-16,19-20,24,35H,5,7-9,11-12,17-18H2,1-4H3. The summed E-state index contributed by atoms with van der Waals surface area (Å²) in [6.07, 6.45) is 6.53. The molecule has 8 heteroatoms. The minimum atomic E-state index is -0.665. The van der Waals surface area contributed by atoms with Crippen LogP contribution in [0.2, 0.25) is 0 Å². The number of cyclic esters (lactones) is 1. The van der Waals surface area contributed by atoms with Crippen LogP contribution in [0.5, 0.6) is 23.0 Å². The number of aromatic hydroxyl groups is 1. The summed E-state index contributed by atoms with van der Waals surface area (Å²) in [6.45, 7) is 6.40. The fraction of sp³-hybridized carbons (Fsp3) is 0.469. The number of methoxy groups -OCH3 is 1. The smallest absolute Gasteiger partial charge is 0.342 e. The van der Waals surface area contributed by atoms with Gasteiger partial charge in [-0.25, -0.2) is 4.79 Å². The van der Waals surface area contributed by atoms with Crippen molar-refractivity contribution in [3.63, 3.8) is 0 Å². The zero-order valence-electron chi connectivity index (χ0n) is 23.7. The van der Waals surface area contributed by atoms with E-state index in [2.05, 4.69) is 13.8 Å². The highest BCUT2D eigenvalue weighted by molar-refractivity contribution is 5.98. The molecule has 0 aromatic heterocycles. The van der Waals surface area contributed by atoms with E-state index in [-0.39, 0.29) is 29.3 Å². The molecule has 8 nitrogen and oxygen atoms in total. The molecule has 2 atom stereocenters. The number of rotatable bonds is 5. The van der Waals surface area contributed by atoms with Crippen molar-refractivity contribution in [3.05, 3.63) is 52.6 Å². The summed E-state index contributed by atoms with van der Waals surface area (Å²) in [7, 11) is 1.55. The maximum atomic E-state index is 13.4. The fourth-order valence-corrected chi connectivity index (χ4v) is 5.08. The van der Waals surface area contributed by atoms with Crippen molar-refractivity contribution in [2.75, 3.05) is 13.7 Å². The lowest BCUT2D eigenvalue weighted by molar-refractivity contribution is -0.135. The van der Waals surface area contributed by atoms with E-state index in [9.17, 15) is 19.5 Å². The summed E-state index contributed by atoms with van der Waals surface area (Å²) >= 11 is 0. The average Bonchev–Trinajstić information content (AvgIpc) is 2.90. The van der Waals surface area contributed by atoms with Crippen LogP contribution in [0.1, 0.15) is 98.7 Å². The van der Waals surface area contributed by atoms with E-state index in [0.717, 1.165) is 0 Å². The number of benzene rings is 2. The lowest BCUT2D eigenvalue weighted by Crippen LogP contribution is -2.23. The normalized spacial score (nSPS) is 20.2. The number of fused-ring (bicyclic) bond motifs is 2. The molecule has 1 N–H and O–H groups in total. The number of carbonyl (C=O) groups is 3. The third kappa shape index (κ3) is 6.84. The largest absolute Gasteiger partial charge is 0.507 e. The number of allylic oxidation sites excluding steroid dienone is 1. The third-order valence-electron chi connectivity index (χ3n) is 7.14. The van der Waals surface area contributed by atoms with Gasteiger partial charge in [-0.3, -0.25) is 9.59 Å². The minimum Gasteiger partial charge on any atom is -0.507 e. The molecule has 2 aliphatic heterocycles. The van der Waals surface area contributed by atoms with Crippen LogP contribution in [0.25, 0.3) is 6.08 Å². The predicted molar refractivity (Wildman–Crippen MR) is 150 cm³/mol. The maximum absolute atomic E-state index is 13.4. The summed E-state index contributed by atoms with van der Waals surface area (Å²) in [5.74, 6) is -0.157. The molecular formula is C32H38O8. The predicted octanol–water partition coefficient (Wildman–Crippen LogP) is 6.36. The molecular weight excluding hydrogens is 512 g/mol. The van der Waals surface area contributed by atoms with Gasteiger partial charge in [0, 0.05) is 24.3 Å². The lowest BCUT2D eigenvalue weighted by atomic mass is 9.83. The molecule has 0 spiro atoms. The van der Waals surface area contributed by atoms with Crippen LogP contribution >= 0.6 is 0 Å². The molecule has 0 saturated heterocycles. The van der Waals surface area contributed by atoms with Crippen molar-refractivity contribution < 1.29 is 38.4 Å². The van der Waals surface area contributed by atoms with E-state index in [1.807, 2.05) is 12.1 Å². The quantitative estimate of drug-likeness (QED) is 0.339. The molecule has 2 unspecified atom stereocenters. The molecule has 0 radical (unpaired) electrons. The number of phenolic OH excluding ortho intramolecular Hbond substituents is 1. The van der Waals surface area contributed by atoms with Crippen molar-refractivity contribution in [2.45, 2.75) is 77.7 Å². The first kappa shape index (κ1) is 29.2. The molecule has 214 valence electrons. The lowest BCUT2D eigenvalue weighted by Gasteiger charge is -2.28. The number of esters is 2. The summed E-state index contributed by atoms with van der Waals surface area (Å²) in [6, 6.07) is 7.01. The Bertz CT molecular complexity index is 1290. The molecule has 4 rings (SSSR count). The van der Waals surface area contributed by atoms with Gasteiger partial charge in [0.15, 0.2) is 11.5 Å². The topological polar surface area (TPSA) is 108 Å². The molecule has 40 heavy (non-hydrogen) atoms. The number of Topliss-reactive ketones (excluding diaryl/α,β-unsaturated/α-hetero) is 1. The van der Waals surface area contributed by atoms with Crippen LogP contribution in [-0.2, 0) is 14.3 Å². The molecule has 0 aliphatic carbocycles. The Balaban J connectivity index is 1.78. The summed E-state index contributed by atoms with van der Waals surface area (Å²) in [4.78, 5) is 38.2. The Kier molecular flexibility index (Phi) is 9.50. The second-order valence-corrected chi connectivity index (χ2v) is 10.9. The highest BCUT2D eigenvalue weighted by atomic mass is 16.5. The van der Waals surface area contributed by atoms with Crippen molar-refractivity contribution in [1.82, 2.24) is 0 Å². The van der Waals surface area contributed by atoms with Gasteiger partial charge >= 0.3 is 11.9 Å². The Morgan fingerprint density at radius 1 is 1.07 bits per heavy atom. The molecule has 0 fully saturated rings. The van der Waals surface area contributed by atoms with Crippen LogP contribution in [0.4, 0.5) is 0 Å². The van der Waals surface area contributed by atoms with Crippen LogP contribution < -0.4 is 14.2 Å².